The fourth-order valence-electron chi connectivity index (χ4n) is 2.60. The zero-order chi connectivity index (χ0) is 11.3. The molecule has 0 aromatic carbocycles. The molecule has 1 aliphatic rings. The Balaban J connectivity index is 2.15. The largest absolute Gasteiger partial charge is 0.330 e. The van der Waals surface area contributed by atoms with E-state index in [2.05, 4.69) is 25.7 Å². The van der Waals surface area contributed by atoms with E-state index in [0.717, 1.165) is 19.0 Å². The maximum atomic E-state index is 5.62. The van der Waals surface area contributed by atoms with Crippen LogP contribution in [0.2, 0.25) is 0 Å². The summed E-state index contributed by atoms with van der Waals surface area (Å²) in [5.41, 5.74) is 6.06. The summed E-state index contributed by atoms with van der Waals surface area (Å²) in [5, 5.41) is 0. The molecule has 2 heteroatoms. The van der Waals surface area contributed by atoms with Gasteiger partial charge in [-0.1, -0.05) is 13.8 Å². The Bertz CT molecular complexity index is 177. The molecule has 2 N–H and O–H groups in total. The lowest BCUT2D eigenvalue weighted by Gasteiger charge is -2.26. The predicted molar refractivity (Wildman–Crippen MR) is 67.0 cm³/mol. The van der Waals surface area contributed by atoms with Gasteiger partial charge in [-0.3, -0.25) is 0 Å². The fraction of sp³-hybridized carbons (Fsp3) is 1.00. The highest BCUT2D eigenvalue weighted by Gasteiger charge is 2.21. The fourth-order valence-corrected chi connectivity index (χ4v) is 2.60. The number of rotatable bonds is 6. The Morgan fingerprint density at radius 3 is 2.60 bits per heavy atom. The number of nitrogens with two attached hydrogens (primary N) is 1. The molecule has 1 fully saturated rings. The minimum atomic E-state index is 0.442. The van der Waals surface area contributed by atoms with Crippen molar-refractivity contribution in [2.24, 2.45) is 11.1 Å². The number of likely N-dealkylation sites (tertiary alicyclic amines) is 1. The molecular weight excluding hydrogens is 184 g/mol. The van der Waals surface area contributed by atoms with Crippen LogP contribution in [0.15, 0.2) is 0 Å². The number of nitrogens with zero attached hydrogens (tertiary/aromatic N) is 1. The van der Waals surface area contributed by atoms with Crippen molar-refractivity contribution in [2.75, 3.05) is 19.6 Å². The number of hydrogen-bond donors (Lipinski definition) is 1. The molecule has 0 aromatic heterocycles. The third-order valence-corrected chi connectivity index (χ3v) is 3.81. The molecule has 0 amide bonds. The van der Waals surface area contributed by atoms with E-state index in [4.69, 9.17) is 5.73 Å². The summed E-state index contributed by atoms with van der Waals surface area (Å²) >= 11 is 0. The van der Waals surface area contributed by atoms with Crippen molar-refractivity contribution in [1.82, 2.24) is 4.90 Å². The molecule has 1 heterocycles. The SMILES string of the molecule is CC1CCCN1CCCC(C)(C)CCN. The molecule has 0 aromatic rings. The summed E-state index contributed by atoms with van der Waals surface area (Å²) in [7, 11) is 0. The minimum Gasteiger partial charge on any atom is -0.330 e. The van der Waals surface area contributed by atoms with E-state index in [9.17, 15) is 0 Å². The third kappa shape index (κ3) is 4.52. The molecule has 1 atom stereocenters. The van der Waals surface area contributed by atoms with Crippen LogP contribution >= 0.6 is 0 Å². The molecule has 1 saturated heterocycles. The van der Waals surface area contributed by atoms with Crippen molar-refractivity contribution in [1.29, 1.82) is 0 Å². The second-order valence-corrected chi connectivity index (χ2v) is 5.83. The summed E-state index contributed by atoms with van der Waals surface area (Å²) in [6.45, 7) is 10.5. The standard InChI is InChI=1S/C13H28N2/c1-12-6-4-10-15(12)11-5-7-13(2,3)8-9-14/h12H,4-11,14H2,1-3H3. The van der Waals surface area contributed by atoms with Crippen LogP contribution in [0.5, 0.6) is 0 Å². The highest BCUT2D eigenvalue weighted by molar-refractivity contribution is 4.76. The maximum Gasteiger partial charge on any atom is 0.00674 e. The van der Waals surface area contributed by atoms with E-state index >= 15 is 0 Å². The molecule has 0 radical (unpaired) electrons. The molecule has 1 unspecified atom stereocenters. The van der Waals surface area contributed by atoms with Gasteiger partial charge >= 0.3 is 0 Å². The van der Waals surface area contributed by atoms with Gasteiger partial charge in [0.15, 0.2) is 0 Å². The molecule has 0 bridgehead atoms. The van der Waals surface area contributed by atoms with Crippen LogP contribution in [-0.4, -0.2) is 30.6 Å². The van der Waals surface area contributed by atoms with Crippen LogP contribution in [0.1, 0.15) is 52.9 Å². The van der Waals surface area contributed by atoms with E-state index in [1.807, 2.05) is 0 Å². The van der Waals surface area contributed by atoms with E-state index in [-0.39, 0.29) is 0 Å². The average molecular weight is 212 g/mol. The van der Waals surface area contributed by atoms with Crippen LogP contribution in [0.3, 0.4) is 0 Å². The summed E-state index contributed by atoms with van der Waals surface area (Å²) < 4.78 is 0. The van der Waals surface area contributed by atoms with Crippen molar-refractivity contribution in [2.45, 2.75) is 58.9 Å². The first-order valence-electron chi connectivity index (χ1n) is 6.49. The van der Waals surface area contributed by atoms with E-state index in [1.54, 1.807) is 0 Å². The van der Waals surface area contributed by atoms with Crippen molar-refractivity contribution >= 4 is 0 Å². The van der Waals surface area contributed by atoms with Crippen molar-refractivity contribution in [3.05, 3.63) is 0 Å². The minimum absolute atomic E-state index is 0.442. The first kappa shape index (κ1) is 13.0. The van der Waals surface area contributed by atoms with Gasteiger partial charge in [-0.05, 0) is 64.1 Å². The maximum absolute atomic E-state index is 5.62. The first-order valence-corrected chi connectivity index (χ1v) is 6.49. The van der Waals surface area contributed by atoms with Gasteiger partial charge in [0.2, 0.25) is 0 Å². The molecule has 0 saturated carbocycles. The van der Waals surface area contributed by atoms with Gasteiger partial charge in [0, 0.05) is 6.04 Å². The molecule has 90 valence electrons. The summed E-state index contributed by atoms with van der Waals surface area (Å²) in [4.78, 5) is 2.64. The smallest absolute Gasteiger partial charge is 0.00674 e. The molecular formula is C13H28N2. The van der Waals surface area contributed by atoms with Crippen molar-refractivity contribution in [3.63, 3.8) is 0 Å². The van der Waals surface area contributed by atoms with Gasteiger partial charge in [0.25, 0.3) is 0 Å². The topological polar surface area (TPSA) is 29.3 Å². The quantitative estimate of drug-likeness (QED) is 0.733. The van der Waals surface area contributed by atoms with Gasteiger partial charge in [-0.2, -0.15) is 0 Å². The lowest BCUT2D eigenvalue weighted by molar-refractivity contribution is 0.231. The van der Waals surface area contributed by atoms with E-state index in [1.165, 1.54) is 38.8 Å². The second-order valence-electron chi connectivity index (χ2n) is 5.83. The molecule has 15 heavy (non-hydrogen) atoms. The zero-order valence-electron chi connectivity index (χ0n) is 10.8. The Morgan fingerprint density at radius 2 is 2.07 bits per heavy atom. The van der Waals surface area contributed by atoms with Gasteiger partial charge in [0.05, 0.1) is 0 Å². The third-order valence-electron chi connectivity index (χ3n) is 3.81. The zero-order valence-corrected chi connectivity index (χ0v) is 10.8. The van der Waals surface area contributed by atoms with Crippen molar-refractivity contribution < 1.29 is 0 Å². The molecule has 2 nitrogen and oxygen atoms in total. The van der Waals surface area contributed by atoms with Crippen LogP contribution in [0, 0.1) is 5.41 Å². The van der Waals surface area contributed by atoms with Crippen LogP contribution in [-0.2, 0) is 0 Å². The Kier molecular flexibility index (Phi) is 5.07. The van der Waals surface area contributed by atoms with Gasteiger partial charge in [-0.15, -0.1) is 0 Å². The lowest BCUT2D eigenvalue weighted by Crippen LogP contribution is -2.29. The highest BCUT2D eigenvalue weighted by atomic mass is 15.2. The molecule has 1 rings (SSSR count). The summed E-state index contributed by atoms with van der Waals surface area (Å²) in [5.74, 6) is 0. The molecule has 0 aliphatic carbocycles. The Labute approximate surface area is 95.2 Å². The number of hydrogen-bond acceptors (Lipinski definition) is 2. The first-order chi connectivity index (χ1) is 7.05. The van der Waals surface area contributed by atoms with Crippen LogP contribution < -0.4 is 5.73 Å². The molecule has 1 aliphatic heterocycles. The predicted octanol–water partition coefficient (Wildman–Crippen LogP) is 2.63. The second kappa shape index (κ2) is 5.86. The Hall–Kier alpha value is -0.0800. The lowest BCUT2D eigenvalue weighted by atomic mass is 9.84. The molecule has 0 spiro atoms. The van der Waals surface area contributed by atoms with E-state index in [0.29, 0.717) is 5.41 Å². The highest BCUT2D eigenvalue weighted by Crippen LogP contribution is 2.27. The van der Waals surface area contributed by atoms with E-state index < -0.39 is 0 Å². The van der Waals surface area contributed by atoms with Gasteiger partial charge < -0.3 is 10.6 Å². The summed E-state index contributed by atoms with van der Waals surface area (Å²) in [6.07, 6.45) is 6.59. The van der Waals surface area contributed by atoms with Gasteiger partial charge in [-0.25, -0.2) is 0 Å². The summed E-state index contributed by atoms with van der Waals surface area (Å²) in [6, 6.07) is 0.822. The normalized spacial score (nSPS) is 23.6. The Morgan fingerprint density at radius 1 is 1.33 bits per heavy atom. The van der Waals surface area contributed by atoms with Crippen molar-refractivity contribution in [3.8, 4) is 0 Å². The van der Waals surface area contributed by atoms with Gasteiger partial charge in [0.1, 0.15) is 0 Å². The van der Waals surface area contributed by atoms with Crippen LogP contribution in [0.4, 0.5) is 0 Å². The average Bonchev–Trinajstić information content (AvgIpc) is 2.51. The van der Waals surface area contributed by atoms with Crippen LogP contribution in [0.25, 0.3) is 0 Å². The monoisotopic (exact) mass is 212 g/mol.